The first-order valence-corrected chi connectivity index (χ1v) is 0.236. The molecule has 0 spiro atoms. The molecule has 0 aromatic heterocycles. The minimum Gasteiger partial charge on any atom is -0.870 e. The summed E-state index contributed by atoms with van der Waals surface area (Å²) in [5.74, 6) is 3.25. The summed E-state index contributed by atoms with van der Waals surface area (Å²) in [7, 11) is 0. The van der Waals surface area contributed by atoms with Crippen molar-refractivity contribution in [3.63, 3.8) is 0 Å². The molecule has 3 nitrogen and oxygen atoms in total. The van der Waals surface area contributed by atoms with E-state index < -0.39 is 0 Å². The quantitative estimate of drug-likeness (QED) is 0.301. The Bertz CT molecular complexity index is 6.00. The standard InChI is InChI=1S/Ca.H2NO.H2O/c;1-2;/h;1H2;1H2/q+2;-1;/p-1. The maximum atomic E-state index is 7.75. The van der Waals surface area contributed by atoms with Gasteiger partial charge in [0.2, 0.25) is 0 Å². The largest absolute Gasteiger partial charge is 2.00 e. The average Bonchev–Trinajstić information content (AvgIpc) is 1.00. The van der Waals surface area contributed by atoms with Crippen molar-refractivity contribution < 1.29 is 5.48 Å². The normalized spacial score (nSPS) is 1.50. The van der Waals surface area contributed by atoms with Crippen LogP contribution in [-0.2, 0) is 0 Å². The van der Waals surface area contributed by atoms with Crippen molar-refractivity contribution in [3.05, 3.63) is 5.21 Å². The minimum absolute atomic E-state index is 0. The molecule has 0 heterocycles. The van der Waals surface area contributed by atoms with E-state index in [1.54, 1.807) is 0 Å². The van der Waals surface area contributed by atoms with Crippen molar-refractivity contribution in [2.24, 2.45) is 5.90 Å². The Morgan fingerprint density at radius 1 is 1.25 bits per heavy atom. The number of rotatable bonds is 0. The van der Waals surface area contributed by atoms with Gasteiger partial charge in [-0.15, -0.1) is 0 Å². The molecule has 0 aliphatic heterocycles. The van der Waals surface area contributed by atoms with Gasteiger partial charge < -0.3 is 16.6 Å². The first kappa shape index (κ1) is 19.2. The first-order valence-electron chi connectivity index (χ1n) is 0.236. The van der Waals surface area contributed by atoms with Gasteiger partial charge in [-0.2, -0.15) is 0 Å². The van der Waals surface area contributed by atoms with E-state index in [9.17, 15) is 0 Å². The molecule has 0 saturated heterocycles. The van der Waals surface area contributed by atoms with Gasteiger partial charge in [-0.3, -0.25) is 0 Å². The Kier molecular flexibility index (Phi) is 151. The van der Waals surface area contributed by atoms with Gasteiger partial charge in [-0.05, 0) is 0 Å². The van der Waals surface area contributed by atoms with Gasteiger partial charge in [0.25, 0.3) is 0 Å². The first-order chi connectivity index (χ1) is 1.00. The number of hydrogen-bond donors (Lipinski definition) is 1. The maximum Gasteiger partial charge on any atom is 2.00 e. The summed E-state index contributed by atoms with van der Waals surface area (Å²) in [5.41, 5.74) is 0. The molecule has 22 valence electrons. The molecule has 0 fully saturated rings. The Balaban J connectivity index is -0.00000000500. The van der Waals surface area contributed by atoms with Gasteiger partial charge in [0, 0.05) is 0 Å². The van der Waals surface area contributed by atoms with Crippen LogP contribution in [0.15, 0.2) is 0 Å². The van der Waals surface area contributed by atoms with Gasteiger partial charge in [-0.1, -0.05) is 0 Å². The summed E-state index contributed by atoms with van der Waals surface area (Å²) >= 11 is 0. The minimum atomic E-state index is 0. The summed E-state index contributed by atoms with van der Waals surface area (Å²) in [6, 6.07) is 0. The molecule has 0 atom stereocenters. The van der Waals surface area contributed by atoms with Crippen LogP contribution >= 0.6 is 0 Å². The van der Waals surface area contributed by atoms with Crippen LogP contribution in [0.4, 0.5) is 0 Å². The van der Waals surface area contributed by atoms with Crippen LogP contribution in [0.25, 0.3) is 0 Å². The van der Waals surface area contributed by atoms with Crippen molar-refractivity contribution in [2.45, 2.75) is 0 Å². The van der Waals surface area contributed by atoms with E-state index in [-0.39, 0.29) is 43.2 Å². The summed E-state index contributed by atoms with van der Waals surface area (Å²) in [6.45, 7) is 0. The van der Waals surface area contributed by atoms with Crippen molar-refractivity contribution in [2.75, 3.05) is 0 Å². The zero-order valence-electron chi connectivity index (χ0n) is 2.14. The molecule has 0 aliphatic rings. The third-order valence-electron chi connectivity index (χ3n) is 0. The predicted octanol–water partition coefficient (Wildman–Crippen LogP) is -1.11. The molecule has 0 aromatic carbocycles. The Morgan fingerprint density at radius 3 is 1.25 bits per heavy atom. The predicted molar refractivity (Wildman–Crippen MR) is 15.2 cm³/mol. The molecule has 0 amide bonds. The fourth-order valence-electron chi connectivity index (χ4n) is 0. The average molecular weight is 89.1 g/mol. The summed E-state index contributed by atoms with van der Waals surface area (Å²) in [6.07, 6.45) is 0. The van der Waals surface area contributed by atoms with Crippen molar-refractivity contribution >= 4 is 37.7 Å². The third-order valence-corrected chi connectivity index (χ3v) is 0. The van der Waals surface area contributed by atoms with Crippen molar-refractivity contribution in [1.82, 2.24) is 0 Å². The topological polar surface area (TPSA) is 79.1 Å². The SMILES string of the molecule is N[O-].[Ca+2].[OH-]. The molecule has 0 rings (SSSR count). The van der Waals surface area contributed by atoms with Crippen LogP contribution in [-0.4, -0.2) is 43.2 Å². The second kappa shape index (κ2) is 31.4. The molecule has 0 aromatic rings. The molecule has 0 aliphatic carbocycles. The van der Waals surface area contributed by atoms with Gasteiger partial charge in [0.15, 0.2) is 0 Å². The van der Waals surface area contributed by atoms with E-state index >= 15 is 0 Å². The molecule has 4 heteroatoms. The smallest absolute Gasteiger partial charge is 0.870 e. The monoisotopic (exact) mass is 89.0 g/mol. The van der Waals surface area contributed by atoms with Crippen LogP contribution in [0.1, 0.15) is 0 Å². The molecule has 0 radical (unpaired) electrons. The van der Waals surface area contributed by atoms with Gasteiger partial charge >= 0.3 is 37.7 Å². The van der Waals surface area contributed by atoms with E-state index in [0.29, 0.717) is 0 Å². The molecular formula is H3CaNO2. The van der Waals surface area contributed by atoms with E-state index in [1.807, 2.05) is 0 Å². The molecular weight excluding hydrogens is 86.1 g/mol. The van der Waals surface area contributed by atoms with Crippen LogP contribution in [0, 0.1) is 5.21 Å². The van der Waals surface area contributed by atoms with Crippen molar-refractivity contribution in [1.29, 1.82) is 0 Å². The van der Waals surface area contributed by atoms with E-state index in [4.69, 9.17) is 5.21 Å². The van der Waals surface area contributed by atoms with Crippen LogP contribution in [0.5, 0.6) is 0 Å². The maximum absolute atomic E-state index is 7.75. The fourth-order valence-corrected chi connectivity index (χ4v) is 0. The van der Waals surface area contributed by atoms with Gasteiger partial charge in [-0.25, -0.2) is 0 Å². The Morgan fingerprint density at radius 2 is 1.25 bits per heavy atom. The summed E-state index contributed by atoms with van der Waals surface area (Å²) in [4.78, 5) is 0. The third kappa shape index (κ3) is 11.1. The van der Waals surface area contributed by atoms with Crippen LogP contribution in [0.2, 0.25) is 0 Å². The summed E-state index contributed by atoms with van der Waals surface area (Å²) < 4.78 is 0. The van der Waals surface area contributed by atoms with E-state index in [1.165, 1.54) is 0 Å². The van der Waals surface area contributed by atoms with E-state index in [0.717, 1.165) is 0 Å². The molecule has 0 saturated carbocycles. The molecule has 0 unspecified atom stereocenters. The zero-order valence-corrected chi connectivity index (χ0v) is 4.35. The fraction of sp³-hybridized carbons (Fsp3) is 0. The van der Waals surface area contributed by atoms with Crippen LogP contribution in [0.3, 0.4) is 0 Å². The van der Waals surface area contributed by atoms with E-state index in [2.05, 4.69) is 5.90 Å². The number of nitrogens with two attached hydrogens (primary N) is 1. The molecule has 0 bridgehead atoms. The number of hydrogen-bond acceptors (Lipinski definition) is 3. The molecule has 3 N–H and O–H groups in total. The summed E-state index contributed by atoms with van der Waals surface area (Å²) in [5, 5.41) is 7.75. The van der Waals surface area contributed by atoms with Crippen molar-refractivity contribution in [3.8, 4) is 0 Å². The second-order valence-electron chi connectivity index (χ2n) is 0. The Labute approximate surface area is 54.1 Å². The van der Waals surface area contributed by atoms with Crippen LogP contribution < -0.4 is 5.90 Å². The zero-order chi connectivity index (χ0) is 2.00. The van der Waals surface area contributed by atoms with Gasteiger partial charge in [0.1, 0.15) is 0 Å². The van der Waals surface area contributed by atoms with Gasteiger partial charge in [0.05, 0.1) is 0 Å². The second-order valence-corrected chi connectivity index (χ2v) is 0. The molecule has 4 heavy (non-hydrogen) atoms. The Hall–Kier alpha value is 1.14.